The summed E-state index contributed by atoms with van der Waals surface area (Å²) in [5.74, 6) is -1.38. The second-order valence-electron chi connectivity index (χ2n) is 7.95. The molecule has 2 aromatic heterocycles. The third-order valence-electron chi connectivity index (χ3n) is 5.10. The summed E-state index contributed by atoms with van der Waals surface area (Å²) in [6.45, 7) is 5.92. The van der Waals surface area contributed by atoms with Crippen LogP contribution in [0, 0.1) is 5.92 Å². The monoisotopic (exact) mass is 403 g/mol. The van der Waals surface area contributed by atoms with Crippen LogP contribution in [0.15, 0.2) is 11.0 Å². The molecular formula is C19H25N5O5. The number of fused-ring (bicyclic) bond motifs is 1. The summed E-state index contributed by atoms with van der Waals surface area (Å²) in [4.78, 5) is 40.5. The van der Waals surface area contributed by atoms with E-state index in [0.717, 1.165) is 17.4 Å². The van der Waals surface area contributed by atoms with Crippen molar-refractivity contribution in [1.82, 2.24) is 24.4 Å². The lowest BCUT2D eigenvalue weighted by atomic mass is 10.2. The number of nitrogens with zero attached hydrogens (tertiary/aromatic N) is 4. The predicted molar refractivity (Wildman–Crippen MR) is 103 cm³/mol. The molecule has 0 bridgehead atoms. The maximum absolute atomic E-state index is 13.2. The van der Waals surface area contributed by atoms with Crippen molar-refractivity contribution in [2.24, 2.45) is 5.92 Å². The van der Waals surface area contributed by atoms with Crippen molar-refractivity contribution in [2.45, 2.75) is 39.3 Å². The minimum Gasteiger partial charge on any atom is -0.492 e. The Kier molecular flexibility index (Phi) is 5.03. The Bertz CT molecular complexity index is 1010. The number of rotatable bonds is 5. The van der Waals surface area contributed by atoms with Gasteiger partial charge >= 0.3 is 0 Å². The number of amides is 2. The van der Waals surface area contributed by atoms with Crippen LogP contribution < -0.4 is 10.9 Å². The molecule has 2 aromatic rings. The van der Waals surface area contributed by atoms with E-state index in [4.69, 9.17) is 4.74 Å². The largest absolute Gasteiger partial charge is 0.492 e. The lowest BCUT2D eigenvalue weighted by Crippen LogP contribution is -2.41. The minimum atomic E-state index is -0.627. The first-order valence-electron chi connectivity index (χ1n) is 9.90. The molecule has 0 spiro atoms. The number of nitrogens with one attached hydrogen (secondary N) is 1. The number of hydrogen-bond acceptors (Lipinski definition) is 6. The lowest BCUT2D eigenvalue weighted by Gasteiger charge is -2.26. The van der Waals surface area contributed by atoms with Crippen molar-refractivity contribution in [3.63, 3.8) is 0 Å². The minimum absolute atomic E-state index is 0.0339. The van der Waals surface area contributed by atoms with Gasteiger partial charge in [-0.1, -0.05) is 13.8 Å². The molecule has 1 saturated heterocycles. The van der Waals surface area contributed by atoms with Crippen LogP contribution in [0.25, 0.3) is 5.65 Å². The van der Waals surface area contributed by atoms with Crippen LogP contribution in [0.3, 0.4) is 0 Å². The number of aromatic hydroxyl groups is 1. The van der Waals surface area contributed by atoms with Crippen LogP contribution in [0.1, 0.15) is 47.4 Å². The van der Waals surface area contributed by atoms with Crippen LogP contribution in [0.4, 0.5) is 0 Å². The molecule has 3 heterocycles. The molecule has 2 aliphatic rings. The summed E-state index contributed by atoms with van der Waals surface area (Å²) in [6, 6.07) is 0.0339. The van der Waals surface area contributed by atoms with Crippen LogP contribution in [0.2, 0.25) is 0 Å². The maximum Gasteiger partial charge on any atom is 0.270 e. The highest BCUT2D eigenvalue weighted by Gasteiger charge is 2.31. The molecule has 0 unspecified atom stereocenters. The number of hydrogen-bond donors (Lipinski definition) is 2. The van der Waals surface area contributed by atoms with Gasteiger partial charge in [0, 0.05) is 25.7 Å². The van der Waals surface area contributed by atoms with Gasteiger partial charge in [0.05, 0.1) is 19.4 Å². The van der Waals surface area contributed by atoms with Gasteiger partial charge in [0.25, 0.3) is 17.4 Å². The average Bonchev–Trinajstić information content (AvgIpc) is 3.39. The Morgan fingerprint density at radius 3 is 2.62 bits per heavy atom. The molecule has 1 aliphatic carbocycles. The molecule has 2 fully saturated rings. The Morgan fingerprint density at radius 2 is 2.00 bits per heavy atom. The molecule has 156 valence electrons. The summed E-state index contributed by atoms with van der Waals surface area (Å²) in [7, 11) is 0. The SMILES string of the molecule is CC(C)Cn1c(=O)c(C(=O)NC2CC2)c(O)n2ncc(C(=O)N3CCOCC3)c12. The van der Waals surface area contributed by atoms with E-state index in [1.165, 1.54) is 10.8 Å². The van der Waals surface area contributed by atoms with E-state index in [-0.39, 0.29) is 41.2 Å². The first-order chi connectivity index (χ1) is 13.9. The molecule has 2 amide bonds. The molecule has 0 aromatic carbocycles. The molecule has 29 heavy (non-hydrogen) atoms. The molecule has 0 radical (unpaired) electrons. The fraction of sp³-hybridized carbons (Fsp3) is 0.579. The number of morpholine rings is 1. The fourth-order valence-electron chi connectivity index (χ4n) is 3.50. The second kappa shape index (κ2) is 7.51. The fourth-order valence-corrected chi connectivity index (χ4v) is 3.50. The van der Waals surface area contributed by atoms with Crippen molar-refractivity contribution < 1.29 is 19.4 Å². The third kappa shape index (κ3) is 3.59. The molecule has 2 N–H and O–H groups in total. The van der Waals surface area contributed by atoms with Gasteiger partial charge in [-0.25, -0.2) is 0 Å². The molecular weight excluding hydrogens is 378 g/mol. The zero-order chi connectivity index (χ0) is 20.7. The first kappa shape index (κ1) is 19.4. The molecule has 0 atom stereocenters. The maximum atomic E-state index is 13.2. The van der Waals surface area contributed by atoms with Crippen LogP contribution in [-0.2, 0) is 11.3 Å². The van der Waals surface area contributed by atoms with E-state index in [0.29, 0.717) is 26.3 Å². The summed E-state index contributed by atoms with van der Waals surface area (Å²) < 4.78 is 7.77. The van der Waals surface area contributed by atoms with E-state index in [9.17, 15) is 19.5 Å². The zero-order valence-electron chi connectivity index (χ0n) is 16.6. The zero-order valence-corrected chi connectivity index (χ0v) is 16.6. The average molecular weight is 403 g/mol. The predicted octanol–water partition coefficient (Wildman–Crippen LogP) is 0.222. The van der Waals surface area contributed by atoms with Gasteiger partial charge in [-0.15, -0.1) is 0 Å². The van der Waals surface area contributed by atoms with Gasteiger partial charge in [0.1, 0.15) is 5.56 Å². The molecule has 10 heteroatoms. The Morgan fingerprint density at radius 1 is 1.31 bits per heavy atom. The smallest absolute Gasteiger partial charge is 0.270 e. The van der Waals surface area contributed by atoms with Gasteiger partial charge in [-0.3, -0.25) is 19.0 Å². The number of ether oxygens (including phenoxy) is 1. The second-order valence-corrected chi connectivity index (χ2v) is 7.95. The molecule has 10 nitrogen and oxygen atoms in total. The quantitative estimate of drug-likeness (QED) is 0.738. The van der Waals surface area contributed by atoms with Crippen LogP contribution in [0.5, 0.6) is 5.88 Å². The Balaban J connectivity index is 1.86. The van der Waals surface area contributed by atoms with Gasteiger partial charge in [-0.05, 0) is 18.8 Å². The third-order valence-corrected chi connectivity index (χ3v) is 5.10. The van der Waals surface area contributed by atoms with E-state index in [1.807, 2.05) is 13.8 Å². The standard InChI is InChI=1S/C19H25N5O5/c1-11(2)10-23-16-13(17(26)22-5-7-29-8-6-22)9-20-24(16)19(28)14(18(23)27)15(25)21-12-3-4-12/h9,11-12,28H,3-8,10H2,1-2H3,(H,21,25). The van der Waals surface area contributed by atoms with Gasteiger partial charge in [0.15, 0.2) is 11.2 Å². The summed E-state index contributed by atoms with van der Waals surface area (Å²) >= 11 is 0. The van der Waals surface area contributed by atoms with Crippen molar-refractivity contribution in [2.75, 3.05) is 26.3 Å². The van der Waals surface area contributed by atoms with Gasteiger partial charge < -0.3 is 20.1 Å². The number of carbonyl (C=O) groups is 2. The highest BCUT2D eigenvalue weighted by atomic mass is 16.5. The molecule has 1 saturated carbocycles. The van der Waals surface area contributed by atoms with Gasteiger partial charge in [-0.2, -0.15) is 9.61 Å². The van der Waals surface area contributed by atoms with E-state index in [2.05, 4.69) is 10.4 Å². The van der Waals surface area contributed by atoms with Gasteiger partial charge in [0.2, 0.25) is 5.88 Å². The summed E-state index contributed by atoms with van der Waals surface area (Å²) in [5, 5.41) is 17.5. The number of aromatic nitrogens is 3. The molecule has 4 rings (SSSR count). The summed E-state index contributed by atoms with van der Waals surface area (Å²) in [6.07, 6.45) is 3.05. The Hall–Kier alpha value is -2.88. The van der Waals surface area contributed by atoms with Crippen LogP contribution >= 0.6 is 0 Å². The van der Waals surface area contributed by atoms with E-state index >= 15 is 0 Å². The van der Waals surface area contributed by atoms with Crippen molar-refractivity contribution >= 4 is 17.5 Å². The highest BCUT2D eigenvalue weighted by Crippen LogP contribution is 2.23. The normalized spacial score (nSPS) is 17.1. The first-order valence-corrected chi connectivity index (χ1v) is 9.90. The number of carbonyl (C=O) groups excluding carboxylic acids is 2. The van der Waals surface area contributed by atoms with Crippen molar-refractivity contribution in [3.8, 4) is 5.88 Å². The van der Waals surface area contributed by atoms with Crippen molar-refractivity contribution in [1.29, 1.82) is 0 Å². The summed E-state index contributed by atoms with van der Waals surface area (Å²) in [5.41, 5.74) is -0.563. The van der Waals surface area contributed by atoms with Crippen molar-refractivity contribution in [3.05, 3.63) is 27.7 Å². The molecule has 1 aliphatic heterocycles. The highest BCUT2D eigenvalue weighted by molar-refractivity contribution is 6.01. The topological polar surface area (TPSA) is 118 Å². The lowest BCUT2D eigenvalue weighted by molar-refractivity contribution is 0.0304. The van der Waals surface area contributed by atoms with Crippen LogP contribution in [-0.4, -0.2) is 68.3 Å². The Labute approximate surface area is 167 Å². The van der Waals surface area contributed by atoms with E-state index in [1.54, 1.807) is 4.90 Å². The van der Waals surface area contributed by atoms with E-state index < -0.39 is 17.3 Å².